The Hall–Kier alpha value is -1.37. The van der Waals surface area contributed by atoms with Crippen LogP contribution in [0.2, 0.25) is 0 Å². The zero-order valence-electron chi connectivity index (χ0n) is 11.2. The van der Waals surface area contributed by atoms with Gasteiger partial charge < -0.3 is 5.73 Å². The SMILES string of the molecule is CCCN(CC)Cc1ccc(C#CCN)cc1F. The van der Waals surface area contributed by atoms with Gasteiger partial charge in [-0.2, -0.15) is 0 Å². The molecule has 0 radical (unpaired) electrons. The Kier molecular flexibility index (Phi) is 6.42. The van der Waals surface area contributed by atoms with Crippen molar-refractivity contribution < 1.29 is 4.39 Å². The van der Waals surface area contributed by atoms with Gasteiger partial charge in [0, 0.05) is 17.7 Å². The monoisotopic (exact) mass is 248 g/mol. The maximum atomic E-state index is 13.9. The molecule has 98 valence electrons. The van der Waals surface area contributed by atoms with Gasteiger partial charge in [0.2, 0.25) is 0 Å². The Morgan fingerprint density at radius 1 is 1.33 bits per heavy atom. The zero-order chi connectivity index (χ0) is 13.4. The van der Waals surface area contributed by atoms with Crippen LogP contribution in [0.5, 0.6) is 0 Å². The maximum Gasteiger partial charge on any atom is 0.128 e. The fraction of sp³-hybridized carbons (Fsp3) is 0.467. The van der Waals surface area contributed by atoms with Crippen molar-refractivity contribution in [3.05, 3.63) is 35.1 Å². The summed E-state index contributed by atoms with van der Waals surface area (Å²) in [5.41, 5.74) is 6.69. The summed E-state index contributed by atoms with van der Waals surface area (Å²) < 4.78 is 13.9. The predicted molar refractivity (Wildman–Crippen MR) is 73.6 cm³/mol. The van der Waals surface area contributed by atoms with Crippen molar-refractivity contribution in [3.63, 3.8) is 0 Å². The minimum atomic E-state index is -0.187. The minimum absolute atomic E-state index is 0.187. The van der Waals surface area contributed by atoms with E-state index in [1.165, 1.54) is 6.07 Å². The number of nitrogens with zero attached hydrogens (tertiary/aromatic N) is 1. The number of hydrogen-bond acceptors (Lipinski definition) is 2. The predicted octanol–water partition coefficient (Wildman–Crippen LogP) is 2.37. The molecule has 0 aliphatic carbocycles. The Morgan fingerprint density at radius 2 is 2.11 bits per heavy atom. The van der Waals surface area contributed by atoms with E-state index in [1.54, 1.807) is 0 Å². The van der Waals surface area contributed by atoms with E-state index in [1.807, 2.05) is 12.1 Å². The molecule has 1 rings (SSSR count). The van der Waals surface area contributed by atoms with Crippen LogP contribution < -0.4 is 5.73 Å². The highest BCUT2D eigenvalue weighted by Crippen LogP contribution is 2.12. The normalized spacial score (nSPS) is 10.3. The number of halogens is 1. The van der Waals surface area contributed by atoms with Gasteiger partial charge in [0.25, 0.3) is 0 Å². The van der Waals surface area contributed by atoms with Gasteiger partial charge in [-0.3, -0.25) is 4.90 Å². The van der Waals surface area contributed by atoms with E-state index in [0.717, 1.165) is 25.1 Å². The highest BCUT2D eigenvalue weighted by molar-refractivity contribution is 5.37. The van der Waals surface area contributed by atoms with Crippen molar-refractivity contribution in [2.45, 2.75) is 26.8 Å². The van der Waals surface area contributed by atoms with Crippen LogP contribution in [-0.4, -0.2) is 24.5 Å². The molecule has 0 unspecified atom stereocenters. The largest absolute Gasteiger partial charge is 0.320 e. The van der Waals surface area contributed by atoms with Crippen LogP contribution in [0.1, 0.15) is 31.4 Å². The average molecular weight is 248 g/mol. The smallest absolute Gasteiger partial charge is 0.128 e. The summed E-state index contributed by atoms with van der Waals surface area (Å²) in [4.78, 5) is 2.23. The van der Waals surface area contributed by atoms with Crippen LogP contribution in [-0.2, 0) is 6.54 Å². The maximum absolute atomic E-state index is 13.9. The van der Waals surface area contributed by atoms with Crippen molar-refractivity contribution >= 4 is 0 Å². The molecule has 0 bridgehead atoms. The molecule has 18 heavy (non-hydrogen) atoms. The zero-order valence-corrected chi connectivity index (χ0v) is 11.2. The number of nitrogens with two attached hydrogens (primary N) is 1. The molecule has 0 atom stereocenters. The van der Waals surface area contributed by atoms with Crippen molar-refractivity contribution in [3.8, 4) is 11.8 Å². The lowest BCUT2D eigenvalue weighted by atomic mass is 10.1. The molecule has 3 heteroatoms. The summed E-state index contributed by atoms with van der Waals surface area (Å²) in [5.74, 6) is 5.37. The molecule has 2 nitrogen and oxygen atoms in total. The van der Waals surface area contributed by atoms with Crippen LogP contribution in [0.15, 0.2) is 18.2 Å². The van der Waals surface area contributed by atoms with Gasteiger partial charge in [-0.05, 0) is 31.6 Å². The first-order valence-corrected chi connectivity index (χ1v) is 6.41. The van der Waals surface area contributed by atoms with Crippen LogP contribution >= 0.6 is 0 Å². The lowest BCUT2D eigenvalue weighted by Gasteiger charge is -2.19. The van der Waals surface area contributed by atoms with E-state index in [9.17, 15) is 4.39 Å². The first-order chi connectivity index (χ1) is 8.71. The fourth-order valence-corrected chi connectivity index (χ4v) is 1.81. The van der Waals surface area contributed by atoms with E-state index in [2.05, 4.69) is 30.6 Å². The summed E-state index contributed by atoms with van der Waals surface area (Å²) in [6, 6.07) is 5.15. The average Bonchev–Trinajstić information content (AvgIpc) is 2.38. The second-order valence-corrected chi connectivity index (χ2v) is 4.18. The summed E-state index contributed by atoms with van der Waals surface area (Å²) in [6.45, 7) is 7.09. The Balaban J connectivity index is 2.78. The molecule has 0 heterocycles. The van der Waals surface area contributed by atoms with Crippen LogP contribution in [0, 0.1) is 17.7 Å². The molecule has 1 aromatic rings. The number of rotatable bonds is 5. The molecule has 0 aromatic heterocycles. The summed E-state index contributed by atoms with van der Waals surface area (Å²) in [7, 11) is 0. The second kappa shape index (κ2) is 7.86. The highest BCUT2D eigenvalue weighted by atomic mass is 19.1. The van der Waals surface area contributed by atoms with E-state index < -0.39 is 0 Å². The Labute approximate surface area is 109 Å². The number of hydrogen-bond donors (Lipinski definition) is 1. The molecule has 1 aromatic carbocycles. The molecule has 0 spiro atoms. The lowest BCUT2D eigenvalue weighted by Crippen LogP contribution is -2.24. The van der Waals surface area contributed by atoms with E-state index in [4.69, 9.17) is 5.73 Å². The second-order valence-electron chi connectivity index (χ2n) is 4.18. The highest BCUT2D eigenvalue weighted by Gasteiger charge is 2.07. The quantitative estimate of drug-likeness (QED) is 0.811. The topological polar surface area (TPSA) is 29.3 Å². The summed E-state index contributed by atoms with van der Waals surface area (Å²) in [6.07, 6.45) is 1.08. The molecule has 0 saturated heterocycles. The van der Waals surface area contributed by atoms with Gasteiger partial charge in [0.15, 0.2) is 0 Å². The third kappa shape index (κ3) is 4.48. The van der Waals surface area contributed by atoms with Gasteiger partial charge in [0.05, 0.1) is 6.54 Å². The molecular formula is C15H21FN2. The molecule has 0 aliphatic rings. The van der Waals surface area contributed by atoms with Gasteiger partial charge >= 0.3 is 0 Å². The van der Waals surface area contributed by atoms with Gasteiger partial charge in [-0.25, -0.2) is 4.39 Å². The van der Waals surface area contributed by atoms with E-state index in [-0.39, 0.29) is 5.82 Å². The van der Waals surface area contributed by atoms with Crippen LogP contribution in [0.3, 0.4) is 0 Å². The third-order valence-corrected chi connectivity index (χ3v) is 2.77. The van der Waals surface area contributed by atoms with Gasteiger partial charge in [-0.1, -0.05) is 31.8 Å². The Morgan fingerprint density at radius 3 is 2.67 bits per heavy atom. The summed E-state index contributed by atoms with van der Waals surface area (Å²) >= 11 is 0. The van der Waals surface area contributed by atoms with Crippen molar-refractivity contribution in [1.29, 1.82) is 0 Å². The number of benzene rings is 1. The van der Waals surface area contributed by atoms with Crippen LogP contribution in [0.4, 0.5) is 4.39 Å². The third-order valence-electron chi connectivity index (χ3n) is 2.77. The fourth-order valence-electron chi connectivity index (χ4n) is 1.81. The first kappa shape index (κ1) is 14.7. The first-order valence-electron chi connectivity index (χ1n) is 6.41. The molecule has 2 N–H and O–H groups in total. The summed E-state index contributed by atoms with van der Waals surface area (Å²) in [5, 5.41) is 0. The van der Waals surface area contributed by atoms with E-state index in [0.29, 0.717) is 18.7 Å². The minimum Gasteiger partial charge on any atom is -0.320 e. The Bertz CT molecular complexity index is 432. The van der Waals surface area contributed by atoms with Gasteiger partial charge in [0.1, 0.15) is 5.82 Å². The molecule has 0 amide bonds. The van der Waals surface area contributed by atoms with Gasteiger partial charge in [-0.15, -0.1) is 0 Å². The lowest BCUT2D eigenvalue weighted by molar-refractivity contribution is 0.276. The van der Waals surface area contributed by atoms with Crippen molar-refractivity contribution in [1.82, 2.24) is 4.90 Å². The van der Waals surface area contributed by atoms with Crippen molar-refractivity contribution in [2.75, 3.05) is 19.6 Å². The molecule has 0 saturated carbocycles. The van der Waals surface area contributed by atoms with Crippen molar-refractivity contribution in [2.24, 2.45) is 5.73 Å². The standard InChI is InChI=1S/C15H21FN2/c1-3-10-18(4-2)12-14-8-7-13(6-5-9-17)11-15(14)16/h7-8,11H,3-4,9-10,12,17H2,1-2H3. The molecule has 0 aliphatic heterocycles. The molecule has 0 fully saturated rings. The van der Waals surface area contributed by atoms with E-state index >= 15 is 0 Å². The van der Waals surface area contributed by atoms with Crippen LogP contribution in [0.25, 0.3) is 0 Å². The molecular weight excluding hydrogens is 227 g/mol.